The van der Waals surface area contributed by atoms with Crippen LogP contribution in [0.3, 0.4) is 0 Å². The van der Waals surface area contributed by atoms with E-state index in [0.29, 0.717) is 5.15 Å². The number of pyridine rings is 1. The molecule has 0 fully saturated rings. The summed E-state index contributed by atoms with van der Waals surface area (Å²) in [6.07, 6.45) is 4.00. The number of aromatic nitrogens is 1. The molecular weight excluding hydrogens is 158 g/mol. The molecule has 1 aromatic heterocycles. The maximum Gasteiger partial charge on any atom is 0.129 e. The Morgan fingerprint density at radius 2 is 2.18 bits per heavy atom. The summed E-state index contributed by atoms with van der Waals surface area (Å²) in [6, 6.07) is 3.76. The molecule has 0 aromatic carbocycles. The number of halogens is 1. The molecule has 1 heterocycles. The highest BCUT2D eigenvalue weighted by Gasteiger charge is 1.94. The highest BCUT2D eigenvalue weighted by molar-refractivity contribution is 6.29. The number of aryl methyl sites for hydroxylation is 1. The molecule has 2 heteroatoms. The normalized spacial score (nSPS) is 10.8. The Bertz CT molecular complexity index is 279. The second-order valence-electron chi connectivity index (χ2n) is 2.31. The molecule has 1 nitrogen and oxygen atoms in total. The van der Waals surface area contributed by atoms with E-state index in [1.165, 1.54) is 0 Å². The Morgan fingerprint density at radius 3 is 2.73 bits per heavy atom. The Balaban J connectivity index is 3.09. The molecule has 0 amide bonds. The van der Waals surface area contributed by atoms with Crippen LogP contribution in [0.15, 0.2) is 18.2 Å². The van der Waals surface area contributed by atoms with E-state index in [9.17, 15) is 0 Å². The van der Waals surface area contributed by atoms with Gasteiger partial charge in [-0.3, -0.25) is 0 Å². The molecule has 0 bridgehead atoms. The predicted molar refractivity (Wildman–Crippen MR) is 48.7 cm³/mol. The van der Waals surface area contributed by atoms with Crippen molar-refractivity contribution in [1.29, 1.82) is 0 Å². The third kappa shape index (κ3) is 2.05. The molecule has 58 valence electrons. The molecule has 0 aliphatic rings. The van der Waals surface area contributed by atoms with Gasteiger partial charge in [0, 0.05) is 5.69 Å². The first kappa shape index (κ1) is 8.28. The van der Waals surface area contributed by atoms with Gasteiger partial charge in [-0.1, -0.05) is 29.8 Å². The number of hydrogen-bond donors (Lipinski definition) is 0. The minimum absolute atomic E-state index is 0.552. The summed E-state index contributed by atoms with van der Waals surface area (Å²) in [5, 5.41) is 0.552. The quantitative estimate of drug-likeness (QED) is 0.586. The van der Waals surface area contributed by atoms with E-state index in [1.54, 1.807) is 6.07 Å². The molecule has 0 aliphatic carbocycles. The fourth-order valence-corrected chi connectivity index (χ4v) is 1.09. The molecular formula is C9H10ClN. The van der Waals surface area contributed by atoms with Gasteiger partial charge in [-0.05, 0) is 25.5 Å². The standard InChI is InChI=1S/C9H10ClN/c1-3-4-8-5-6-9(10)11-7(8)2/h3-6H,1-2H3. The minimum Gasteiger partial charge on any atom is -0.241 e. The van der Waals surface area contributed by atoms with Gasteiger partial charge in [0.15, 0.2) is 0 Å². The van der Waals surface area contributed by atoms with Crippen LogP contribution in [-0.4, -0.2) is 4.98 Å². The van der Waals surface area contributed by atoms with Crippen molar-refractivity contribution in [2.45, 2.75) is 13.8 Å². The number of rotatable bonds is 1. The van der Waals surface area contributed by atoms with Crippen LogP contribution >= 0.6 is 11.6 Å². The molecule has 1 rings (SSSR count). The van der Waals surface area contributed by atoms with Gasteiger partial charge >= 0.3 is 0 Å². The van der Waals surface area contributed by atoms with Crippen LogP contribution in [0, 0.1) is 6.92 Å². The summed E-state index contributed by atoms with van der Waals surface area (Å²) in [7, 11) is 0. The third-order valence-electron chi connectivity index (χ3n) is 1.44. The van der Waals surface area contributed by atoms with Crippen molar-refractivity contribution in [1.82, 2.24) is 4.98 Å². The lowest BCUT2D eigenvalue weighted by atomic mass is 10.2. The van der Waals surface area contributed by atoms with Crippen molar-refractivity contribution in [3.8, 4) is 0 Å². The van der Waals surface area contributed by atoms with Gasteiger partial charge in [0.1, 0.15) is 5.15 Å². The Kier molecular flexibility index (Phi) is 2.66. The van der Waals surface area contributed by atoms with E-state index in [2.05, 4.69) is 4.98 Å². The lowest BCUT2D eigenvalue weighted by molar-refractivity contribution is 1.19. The van der Waals surface area contributed by atoms with Crippen molar-refractivity contribution in [3.63, 3.8) is 0 Å². The monoisotopic (exact) mass is 167 g/mol. The highest BCUT2D eigenvalue weighted by Crippen LogP contribution is 2.11. The molecule has 11 heavy (non-hydrogen) atoms. The van der Waals surface area contributed by atoms with Gasteiger partial charge in [0.05, 0.1) is 0 Å². The van der Waals surface area contributed by atoms with Crippen molar-refractivity contribution in [2.75, 3.05) is 0 Å². The molecule has 1 aromatic rings. The van der Waals surface area contributed by atoms with Crippen molar-refractivity contribution >= 4 is 17.7 Å². The van der Waals surface area contributed by atoms with Gasteiger partial charge < -0.3 is 0 Å². The van der Waals surface area contributed by atoms with Crippen LogP contribution in [0.5, 0.6) is 0 Å². The van der Waals surface area contributed by atoms with Crippen LogP contribution in [-0.2, 0) is 0 Å². The molecule has 0 N–H and O–H groups in total. The third-order valence-corrected chi connectivity index (χ3v) is 1.65. The molecule has 0 radical (unpaired) electrons. The highest BCUT2D eigenvalue weighted by atomic mass is 35.5. The zero-order chi connectivity index (χ0) is 8.27. The van der Waals surface area contributed by atoms with Gasteiger partial charge in [-0.15, -0.1) is 0 Å². The van der Waals surface area contributed by atoms with Crippen molar-refractivity contribution < 1.29 is 0 Å². The SMILES string of the molecule is CC=Cc1ccc(Cl)nc1C. The maximum atomic E-state index is 5.68. The zero-order valence-corrected chi connectivity index (χ0v) is 7.39. The first-order valence-corrected chi connectivity index (χ1v) is 3.87. The van der Waals surface area contributed by atoms with E-state index in [1.807, 2.05) is 32.1 Å². The molecule has 0 unspecified atom stereocenters. The fraction of sp³-hybridized carbons (Fsp3) is 0.222. The second-order valence-corrected chi connectivity index (χ2v) is 2.70. The summed E-state index contributed by atoms with van der Waals surface area (Å²) >= 11 is 5.68. The molecule has 0 spiro atoms. The minimum atomic E-state index is 0.552. The summed E-state index contributed by atoms with van der Waals surface area (Å²) < 4.78 is 0. The van der Waals surface area contributed by atoms with E-state index in [0.717, 1.165) is 11.3 Å². The van der Waals surface area contributed by atoms with Crippen LogP contribution in [0.25, 0.3) is 6.08 Å². The summed E-state index contributed by atoms with van der Waals surface area (Å²) in [5.74, 6) is 0. The van der Waals surface area contributed by atoms with E-state index in [4.69, 9.17) is 11.6 Å². The largest absolute Gasteiger partial charge is 0.241 e. The van der Waals surface area contributed by atoms with E-state index >= 15 is 0 Å². The number of hydrogen-bond acceptors (Lipinski definition) is 1. The average molecular weight is 168 g/mol. The smallest absolute Gasteiger partial charge is 0.129 e. The van der Waals surface area contributed by atoms with Gasteiger partial charge in [-0.2, -0.15) is 0 Å². The maximum absolute atomic E-state index is 5.68. The number of allylic oxidation sites excluding steroid dienone is 1. The lowest BCUT2D eigenvalue weighted by Gasteiger charge is -1.98. The van der Waals surface area contributed by atoms with Gasteiger partial charge in [0.2, 0.25) is 0 Å². The zero-order valence-electron chi connectivity index (χ0n) is 6.63. The number of nitrogens with zero attached hydrogens (tertiary/aromatic N) is 1. The Hall–Kier alpha value is -0.820. The van der Waals surface area contributed by atoms with Gasteiger partial charge in [0.25, 0.3) is 0 Å². The summed E-state index contributed by atoms with van der Waals surface area (Å²) in [6.45, 7) is 3.93. The first-order valence-electron chi connectivity index (χ1n) is 3.50. The van der Waals surface area contributed by atoms with Crippen LogP contribution in [0.4, 0.5) is 0 Å². The Labute approximate surface area is 71.7 Å². The first-order chi connectivity index (χ1) is 5.24. The molecule has 0 saturated carbocycles. The van der Waals surface area contributed by atoms with Crippen molar-refractivity contribution in [2.24, 2.45) is 0 Å². The molecule has 0 atom stereocenters. The second kappa shape index (κ2) is 3.54. The predicted octanol–water partition coefficient (Wildman–Crippen LogP) is 3.08. The summed E-state index contributed by atoms with van der Waals surface area (Å²) in [4.78, 5) is 4.11. The fourth-order valence-electron chi connectivity index (χ4n) is 0.897. The topological polar surface area (TPSA) is 12.9 Å². The van der Waals surface area contributed by atoms with Gasteiger partial charge in [-0.25, -0.2) is 4.98 Å². The van der Waals surface area contributed by atoms with Crippen LogP contribution in [0.2, 0.25) is 5.15 Å². The van der Waals surface area contributed by atoms with Crippen LogP contribution < -0.4 is 0 Å². The lowest BCUT2D eigenvalue weighted by Crippen LogP contribution is -1.85. The molecule has 0 saturated heterocycles. The van der Waals surface area contributed by atoms with E-state index < -0.39 is 0 Å². The molecule has 0 aliphatic heterocycles. The van der Waals surface area contributed by atoms with E-state index in [-0.39, 0.29) is 0 Å². The Morgan fingerprint density at radius 1 is 1.45 bits per heavy atom. The summed E-state index contributed by atoms with van der Waals surface area (Å²) in [5.41, 5.74) is 2.09. The van der Waals surface area contributed by atoms with Crippen molar-refractivity contribution in [3.05, 3.63) is 34.6 Å². The average Bonchev–Trinajstić information content (AvgIpc) is 1.95. The van der Waals surface area contributed by atoms with Crippen LogP contribution in [0.1, 0.15) is 18.2 Å².